The highest BCUT2D eigenvalue weighted by molar-refractivity contribution is 7.89. The van der Waals surface area contributed by atoms with Crippen molar-refractivity contribution in [2.45, 2.75) is 129 Å². The first-order chi connectivity index (χ1) is 22.5. The molecule has 5 N–H and O–H groups in total. The molecule has 2 heterocycles. The Hall–Kier alpha value is -2.74. The van der Waals surface area contributed by atoms with Crippen molar-refractivity contribution in [3.05, 3.63) is 0 Å². The molecule has 2 aliphatic carbocycles. The number of primary amides is 1. The molecule has 272 valence electrons. The molecule has 5 amide bonds. The van der Waals surface area contributed by atoms with Crippen molar-refractivity contribution in [3.63, 3.8) is 0 Å². The Balaban J connectivity index is 1.55. The molecule has 4 fully saturated rings. The fraction of sp³-hybridized carbons (Fsp3) is 0.853. The van der Waals surface area contributed by atoms with Crippen LogP contribution in [0.5, 0.6) is 0 Å². The van der Waals surface area contributed by atoms with Gasteiger partial charge in [-0.25, -0.2) is 13.2 Å². The number of ketones is 1. The van der Waals surface area contributed by atoms with Crippen molar-refractivity contribution in [2.24, 2.45) is 34.8 Å². The Morgan fingerprint density at radius 2 is 1.52 bits per heavy atom. The Morgan fingerprint density at radius 1 is 0.854 bits per heavy atom. The van der Waals surface area contributed by atoms with E-state index in [9.17, 15) is 32.4 Å². The van der Waals surface area contributed by atoms with Crippen LogP contribution in [0.3, 0.4) is 0 Å². The third-order valence-electron chi connectivity index (χ3n) is 11.1. The standard InChI is InChI=1S/C34H58N6O7S/c1-21(2)24-15-17-40(28(24)31(43)36-25(29(41)30(35)42)19-22-11-9-12-22)32(44)27(23-13-7-6-8-14-23)38-33(45)37-26(34(3,4)5)20-39-16-10-18-48(39,46)47/h21-28H,6-20H2,1-5H3,(H2,35,42)(H,36,43)(H2,37,38,45)/t24-,25?,26-,27+,28+/m1/s1. The van der Waals surface area contributed by atoms with Crippen LogP contribution in [0.2, 0.25) is 0 Å². The predicted molar refractivity (Wildman–Crippen MR) is 182 cm³/mol. The summed E-state index contributed by atoms with van der Waals surface area (Å²) in [4.78, 5) is 68.5. The van der Waals surface area contributed by atoms with Gasteiger partial charge < -0.3 is 26.6 Å². The number of nitrogens with one attached hydrogen (secondary N) is 3. The molecular formula is C34H58N6O7S. The summed E-state index contributed by atoms with van der Waals surface area (Å²) in [7, 11) is -3.38. The van der Waals surface area contributed by atoms with E-state index in [4.69, 9.17) is 5.73 Å². The van der Waals surface area contributed by atoms with Crippen LogP contribution < -0.4 is 21.7 Å². The topological polar surface area (TPSA) is 188 Å². The van der Waals surface area contributed by atoms with Crippen molar-refractivity contribution in [3.8, 4) is 0 Å². The summed E-state index contributed by atoms with van der Waals surface area (Å²) in [6.07, 6.45) is 8.72. The summed E-state index contributed by atoms with van der Waals surface area (Å²) in [6, 6.07) is -3.87. The van der Waals surface area contributed by atoms with Gasteiger partial charge in [0.2, 0.25) is 27.6 Å². The molecule has 14 heteroatoms. The molecule has 0 radical (unpaired) electrons. The van der Waals surface area contributed by atoms with E-state index in [1.54, 1.807) is 4.90 Å². The maximum atomic E-state index is 14.5. The molecule has 2 aliphatic heterocycles. The molecule has 1 unspecified atom stereocenters. The number of rotatable bonds is 13. The van der Waals surface area contributed by atoms with Crippen LogP contribution in [-0.4, -0.2) is 96.7 Å². The molecule has 4 rings (SSSR count). The zero-order chi connectivity index (χ0) is 35.4. The highest BCUT2D eigenvalue weighted by Gasteiger charge is 2.47. The number of amides is 5. The first kappa shape index (κ1) is 38.1. The van der Waals surface area contributed by atoms with E-state index in [1.807, 2.05) is 34.6 Å². The third kappa shape index (κ3) is 9.28. The fourth-order valence-corrected chi connectivity index (χ4v) is 9.36. The van der Waals surface area contributed by atoms with Gasteiger partial charge in [-0.15, -0.1) is 0 Å². The quantitative estimate of drug-likeness (QED) is 0.213. The van der Waals surface area contributed by atoms with Gasteiger partial charge in [0.05, 0.1) is 11.8 Å². The minimum absolute atomic E-state index is 0.0503. The summed E-state index contributed by atoms with van der Waals surface area (Å²) in [6.45, 7) is 10.7. The van der Waals surface area contributed by atoms with Crippen LogP contribution in [0.15, 0.2) is 0 Å². The molecule has 0 bridgehead atoms. The molecule has 0 spiro atoms. The monoisotopic (exact) mass is 694 g/mol. The number of hydrogen-bond donors (Lipinski definition) is 4. The number of nitrogens with zero attached hydrogens (tertiary/aromatic N) is 2. The minimum Gasteiger partial charge on any atom is -0.363 e. The molecule has 0 aromatic rings. The van der Waals surface area contributed by atoms with Crippen molar-refractivity contribution in [1.82, 2.24) is 25.2 Å². The molecule has 48 heavy (non-hydrogen) atoms. The number of urea groups is 1. The Kier molecular flexibility index (Phi) is 12.6. The number of likely N-dealkylation sites (tertiary alicyclic amines) is 1. The average Bonchev–Trinajstić information content (AvgIpc) is 3.59. The van der Waals surface area contributed by atoms with E-state index in [0.29, 0.717) is 32.4 Å². The Morgan fingerprint density at radius 3 is 2.04 bits per heavy atom. The maximum Gasteiger partial charge on any atom is 0.315 e. The second-order valence-corrected chi connectivity index (χ2v) is 18.0. The van der Waals surface area contributed by atoms with Crippen molar-refractivity contribution in [1.29, 1.82) is 0 Å². The predicted octanol–water partition coefficient (Wildman–Crippen LogP) is 2.29. The summed E-state index contributed by atoms with van der Waals surface area (Å²) in [5.41, 5.74) is 4.89. The summed E-state index contributed by atoms with van der Waals surface area (Å²) in [5, 5.41) is 8.78. The van der Waals surface area contributed by atoms with Crippen LogP contribution in [0.4, 0.5) is 4.79 Å². The van der Waals surface area contributed by atoms with Crippen molar-refractivity contribution >= 4 is 39.6 Å². The van der Waals surface area contributed by atoms with E-state index in [1.165, 1.54) is 4.31 Å². The van der Waals surface area contributed by atoms with E-state index in [2.05, 4.69) is 16.0 Å². The number of carbonyl (C=O) groups excluding carboxylic acids is 5. The highest BCUT2D eigenvalue weighted by atomic mass is 32.2. The molecule has 0 aromatic heterocycles. The molecule has 2 saturated carbocycles. The summed E-state index contributed by atoms with van der Waals surface area (Å²) >= 11 is 0. The Bertz CT molecular complexity index is 1310. The zero-order valence-electron chi connectivity index (χ0n) is 29.5. The van der Waals surface area contributed by atoms with Crippen LogP contribution in [0.1, 0.15) is 105 Å². The van der Waals surface area contributed by atoms with Gasteiger partial charge in [0, 0.05) is 25.7 Å². The van der Waals surface area contributed by atoms with Crippen LogP contribution in [0.25, 0.3) is 0 Å². The van der Waals surface area contributed by atoms with E-state index < -0.39 is 63.2 Å². The SMILES string of the molecule is CC(C)[C@H]1CCN(C(=O)[C@@H](NC(=O)N[C@H](CN2CCCS2(=O)=O)C(C)(C)C)C2CCCCC2)[C@@H]1C(=O)NC(CC1CCC1)C(=O)C(N)=O. The zero-order valence-corrected chi connectivity index (χ0v) is 30.3. The van der Waals surface area contributed by atoms with Gasteiger partial charge in [0.1, 0.15) is 12.1 Å². The first-order valence-corrected chi connectivity index (χ1v) is 19.6. The molecule has 2 saturated heterocycles. The first-order valence-electron chi connectivity index (χ1n) is 18.0. The lowest BCUT2D eigenvalue weighted by molar-refractivity contribution is -0.144. The summed E-state index contributed by atoms with van der Waals surface area (Å²) < 4.78 is 26.6. The third-order valence-corrected chi connectivity index (χ3v) is 13.1. The number of hydrogen-bond acceptors (Lipinski definition) is 7. The molecule has 5 atom stereocenters. The van der Waals surface area contributed by atoms with Gasteiger partial charge in [-0.3, -0.25) is 19.2 Å². The van der Waals surface area contributed by atoms with Crippen molar-refractivity contribution in [2.75, 3.05) is 25.4 Å². The van der Waals surface area contributed by atoms with Crippen LogP contribution in [-0.2, 0) is 29.2 Å². The van der Waals surface area contributed by atoms with Gasteiger partial charge in [0.15, 0.2) is 0 Å². The number of sulfonamides is 1. The highest BCUT2D eigenvalue weighted by Crippen LogP contribution is 2.35. The number of carbonyl (C=O) groups is 5. The Labute approximate surface area is 286 Å². The minimum atomic E-state index is -3.38. The van der Waals surface area contributed by atoms with E-state index >= 15 is 0 Å². The molecule has 4 aliphatic rings. The maximum absolute atomic E-state index is 14.5. The number of nitrogens with two attached hydrogens (primary N) is 1. The van der Waals surface area contributed by atoms with E-state index in [-0.39, 0.29) is 41.9 Å². The lowest BCUT2D eigenvalue weighted by Gasteiger charge is -2.38. The smallest absolute Gasteiger partial charge is 0.315 e. The fourth-order valence-electron chi connectivity index (χ4n) is 7.82. The van der Waals surface area contributed by atoms with Gasteiger partial charge in [-0.2, -0.15) is 4.31 Å². The lowest BCUT2D eigenvalue weighted by Crippen LogP contribution is -2.61. The second kappa shape index (κ2) is 15.9. The van der Waals surface area contributed by atoms with Gasteiger partial charge in [-0.1, -0.05) is 73.1 Å². The average molecular weight is 695 g/mol. The second-order valence-electron chi connectivity index (χ2n) is 15.9. The lowest BCUT2D eigenvalue weighted by atomic mass is 9.80. The van der Waals surface area contributed by atoms with Crippen LogP contribution in [0, 0.1) is 29.1 Å². The van der Waals surface area contributed by atoms with Gasteiger partial charge in [0.25, 0.3) is 5.91 Å². The van der Waals surface area contributed by atoms with Crippen LogP contribution >= 0.6 is 0 Å². The van der Waals surface area contributed by atoms with Crippen molar-refractivity contribution < 1.29 is 32.4 Å². The van der Waals surface area contributed by atoms with Gasteiger partial charge >= 0.3 is 6.03 Å². The molecule has 13 nitrogen and oxygen atoms in total. The molecular weight excluding hydrogens is 636 g/mol. The number of Topliss-reactive ketones (excluding diaryl/α,β-unsaturated/α-hetero) is 1. The molecule has 0 aromatic carbocycles. The largest absolute Gasteiger partial charge is 0.363 e. The summed E-state index contributed by atoms with van der Waals surface area (Å²) in [5.74, 6) is -2.70. The van der Waals surface area contributed by atoms with Gasteiger partial charge in [-0.05, 0) is 61.2 Å². The normalized spacial score (nSPS) is 25.6. The van der Waals surface area contributed by atoms with E-state index in [0.717, 1.165) is 51.4 Å².